The maximum absolute atomic E-state index is 13.1. The molecule has 8 heteroatoms. The fourth-order valence-corrected chi connectivity index (χ4v) is 3.28. The molecule has 3 heterocycles. The smallest absolute Gasteiger partial charge is 0.332 e. The number of benzene rings is 1. The van der Waals surface area contributed by atoms with E-state index in [1.807, 2.05) is 45.0 Å². The molecular formula is C19H19BrN4O3. The molecule has 0 bridgehead atoms. The minimum Gasteiger partial charge on any atom is -0.428 e. The fraction of sp³-hybridized carbons (Fsp3) is 0.316. The van der Waals surface area contributed by atoms with Crippen molar-refractivity contribution >= 4 is 32.9 Å². The van der Waals surface area contributed by atoms with Crippen LogP contribution in [-0.4, -0.2) is 18.5 Å². The SMILES string of the molecule is Cn1c(=O)n(Cc2ccc(Br)cc2)c(=O)c2c1nc1oc(C(C)(C)C)cn12. The molecule has 0 aliphatic rings. The Labute approximate surface area is 163 Å². The van der Waals surface area contributed by atoms with Crippen LogP contribution in [-0.2, 0) is 19.0 Å². The van der Waals surface area contributed by atoms with Gasteiger partial charge in [-0.2, -0.15) is 4.98 Å². The van der Waals surface area contributed by atoms with Crippen molar-refractivity contribution in [2.45, 2.75) is 32.7 Å². The molecule has 0 aliphatic heterocycles. The van der Waals surface area contributed by atoms with Gasteiger partial charge in [-0.3, -0.25) is 18.3 Å². The van der Waals surface area contributed by atoms with E-state index in [9.17, 15) is 9.59 Å². The fourth-order valence-electron chi connectivity index (χ4n) is 3.01. The summed E-state index contributed by atoms with van der Waals surface area (Å²) in [5, 5.41) is 0. The number of imidazole rings is 1. The quantitative estimate of drug-likeness (QED) is 0.489. The van der Waals surface area contributed by atoms with Crippen LogP contribution in [0.15, 0.2) is 48.9 Å². The number of nitrogens with zero attached hydrogens (tertiary/aromatic N) is 4. The predicted octanol–water partition coefficient (Wildman–Crippen LogP) is 3.05. The molecule has 0 aliphatic carbocycles. The van der Waals surface area contributed by atoms with Crippen molar-refractivity contribution in [1.82, 2.24) is 18.5 Å². The van der Waals surface area contributed by atoms with Crippen LogP contribution in [0.25, 0.3) is 17.0 Å². The molecule has 7 nitrogen and oxygen atoms in total. The highest BCUT2D eigenvalue weighted by atomic mass is 79.9. The molecule has 0 fully saturated rings. The van der Waals surface area contributed by atoms with Gasteiger partial charge in [-0.25, -0.2) is 4.79 Å². The van der Waals surface area contributed by atoms with Crippen molar-refractivity contribution in [3.05, 3.63) is 67.1 Å². The topological polar surface area (TPSA) is 74.4 Å². The monoisotopic (exact) mass is 430 g/mol. The van der Waals surface area contributed by atoms with Crippen LogP contribution in [0.2, 0.25) is 0 Å². The molecule has 4 aromatic rings. The molecular weight excluding hydrogens is 412 g/mol. The van der Waals surface area contributed by atoms with Crippen molar-refractivity contribution in [2.75, 3.05) is 0 Å². The molecule has 0 saturated heterocycles. The van der Waals surface area contributed by atoms with Crippen LogP contribution in [0.5, 0.6) is 0 Å². The number of hydrogen-bond acceptors (Lipinski definition) is 4. The lowest BCUT2D eigenvalue weighted by Gasteiger charge is -2.13. The number of aromatic nitrogens is 4. The third kappa shape index (κ3) is 2.84. The second-order valence-corrected chi connectivity index (χ2v) is 8.56. The zero-order valence-corrected chi connectivity index (χ0v) is 17.1. The third-order valence-corrected chi connectivity index (χ3v) is 5.11. The highest BCUT2D eigenvalue weighted by molar-refractivity contribution is 9.10. The van der Waals surface area contributed by atoms with Crippen LogP contribution < -0.4 is 11.2 Å². The van der Waals surface area contributed by atoms with Crippen LogP contribution in [0.1, 0.15) is 32.1 Å². The van der Waals surface area contributed by atoms with E-state index >= 15 is 0 Å². The van der Waals surface area contributed by atoms with Gasteiger partial charge < -0.3 is 4.42 Å². The van der Waals surface area contributed by atoms with Gasteiger partial charge in [-0.15, -0.1) is 0 Å². The van der Waals surface area contributed by atoms with E-state index in [0.29, 0.717) is 17.0 Å². The Balaban J connectivity index is 1.98. The number of hydrogen-bond donors (Lipinski definition) is 0. The van der Waals surface area contributed by atoms with Gasteiger partial charge in [0.25, 0.3) is 5.56 Å². The molecule has 1 aromatic carbocycles. The lowest BCUT2D eigenvalue weighted by Crippen LogP contribution is -2.39. The summed E-state index contributed by atoms with van der Waals surface area (Å²) in [5.74, 6) is 1.03. The maximum Gasteiger partial charge on any atom is 0.332 e. The zero-order chi connectivity index (χ0) is 19.5. The summed E-state index contributed by atoms with van der Waals surface area (Å²) in [4.78, 5) is 30.3. The van der Waals surface area contributed by atoms with E-state index < -0.39 is 5.69 Å². The number of oxazole rings is 1. The number of aryl methyl sites for hydroxylation is 1. The largest absolute Gasteiger partial charge is 0.428 e. The summed E-state index contributed by atoms with van der Waals surface area (Å²) in [6.07, 6.45) is 1.78. The van der Waals surface area contributed by atoms with Crippen LogP contribution >= 0.6 is 15.9 Å². The summed E-state index contributed by atoms with van der Waals surface area (Å²) >= 11 is 3.39. The highest BCUT2D eigenvalue weighted by Crippen LogP contribution is 2.26. The van der Waals surface area contributed by atoms with Crippen molar-refractivity contribution < 1.29 is 4.42 Å². The molecule has 0 amide bonds. The van der Waals surface area contributed by atoms with Gasteiger partial charge in [-0.05, 0) is 17.7 Å². The van der Waals surface area contributed by atoms with Gasteiger partial charge in [0.15, 0.2) is 11.2 Å². The predicted molar refractivity (Wildman–Crippen MR) is 106 cm³/mol. The minimum absolute atomic E-state index is 0.186. The molecule has 0 spiro atoms. The number of fused-ring (bicyclic) bond motifs is 3. The van der Waals surface area contributed by atoms with Gasteiger partial charge in [0, 0.05) is 16.9 Å². The minimum atomic E-state index is -0.410. The number of rotatable bonds is 2. The van der Waals surface area contributed by atoms with Crippen LogP contribution in [0.3, 0.4) is 0 Å². The first-order valence-corrected chi connectivity index (χ1v) is 9.32. The Morgan fingerprint density at radius 3 is 2.44 bits per heavy atom. The first-order valence-electron chi connectivity index (χ1n) is 8.53. The summed E-state index contributed by atoms with van der Waals surface area (Å²) in [6, 6.07) is 7.52. The normalized spacial score (nSPS) is 12.3. The van der Waals surface area contributed by atoms with E-state index in [4.69, 9.17) is 4.42 Å². The van der Waals surface area contributed by atoms with Gasteiger partial charge >= 0.3 is 11.5 Å². The highest BCUT2D eigenvalue weighted by Gasteiger charge is 2.24. The van der Waals surface area contributed by atoms with Crippen molar-refractivity contribution in [1.29, 1.82) is 0 Å². The summed E-state index contributed by atoms with van der Waals surface area (Å²) in [7, 11) is 1.61. The summed E-state index contributed by atoms with van der Waals surface area (Å²) < 4.78 is 11.0. The maximum atomic E-state index is 13.1. The Morgan fingerprint density at radius 1 is 1.15 bits per heavy atom. The molecule has 27 heavy (non-hydrogen) atoms. The molecule has 0 atom stereocenters. The second-order valence-electron chi connectivity index (χ2n) is 7.64. The average molecular weight is 431 g/mol. The van der Waals surface area contributed by atoms with E-state index in [-0.39, 0.29) is 17.5 Å². The van der Waals surface area contributed by atoms with Crippen molar-refractivity contribution in [3.8, 4) is 0 Å². The van der Waals surface area contributed by atoms with Gasteiger partial charge in [-0.1, -0.05) is 48.8 Å². The van der Waals surface area contributed by atoms with Crippen LogP contribution in [0, 0.1) is 0 Å². The van der Waals surface area contributed by atoms with Gasteiger partial charge in [0.05, 0.1) is 12.7 Å². The van der Waals surface area contributed by atoms with E-state index in [0.717, 1.165) is 15.8 Å². The molecule has 4 rings (SSSR count). The molecule has 0 saturated carbocycles. The zero-order valence-electron chi connectivity index (χ0n) is 15.5. The van der Waals surface area contributed by atoms with Gasteiger partial charge in [0.2, 0.25) is 0 Å². The Bertz CT molecular complexity index is 1280. The van der Waals surface area contributed by atoms with E-state index in [1.165, 1.54) is 9.13 Å². The molecule has 0 radical (unpaired) electrons. The molecule has 0 unspecified atom stereocenters. The van der Waals surface area contributed by atoms with E-state index in [2.05, 4.69) is 20.9 Å². The first-order chi connectivity index (χ1) is 12.7. The summed E-state index contributed by atoms with van der Waals surface area (Å²) in [6.45, 7) is 6.25. The molecule has 140 valence electrons. The Morgan fingerprint density at radius 2 is 1.81 bits per heavy atom. The standard InChI is InChI=1S/C19H19BrN4O3/c1-19(2,3)13-10-23-14-15(21-17(23)27-13)22(4)18(26)24(16(14)25)9-11-5-7-12(20)8-6-11/h5-8,10H,9H2,1-4H3. The summed E-state index contributed by atoms with van der Waals surface area (Å²) in [5.41, 5.74) is 0.501. The average Bonchev–Trinajstić information content (AvgIpc) is 3.16. The van der Waals surface area contributed by atoms with Crippen molar-refractivity contribution in [2.24, 2.45) is 7.05 Å². The van der Waals surface area contributed by atoms with Crippen molar-refractivity contribution in [3.63, 3.8) is 0 Å². The van der Waals surface area contributed by atoms with Gasteiger partial charge in [0.1, 0.15) is 5.76 Å². The Kier molecular flexibility index (Phi) is 3.92. The first kappa shape index (κ1) is 17.8. The molecule has 0 N–H and O–H groups in total. The second kappa shape index (κ2) is 5.95. The lowest BCUT2D eigenvalue weighted by atomic mass is 9.94. The van der Waals surface area contributed by atoms with Crippen LogP contribution in [0.4, 0.5) is 0 Å². The molecule has 3 aromatic heterocycles. The lowest BCUT2D eigenvalue weighted by molar-refractivity contribution is 0.425. The Hall–Kier alpha value is -2.61. The third-order valence-electron chi connectivity index (χ3n) is 4.58. The number of halogens is 1. The van der Waals surface area contributed by atoms with E-state index in [1.54, 1.807) is 17.6 Å².